The van der Waals surface area contributed by atoms with Crippen LogP contribution in [0.25, 0.3) is 0 Å². The molecule has 1 aromatic heterocycles. The van der Waals surface area contributed by atoms with Crippen LogP contribution in [0.5, 0.6) is 0 Å². The number of carbonyl (C=O) groups is 3. The molecule has 196 valence electrons. The van der Waals surface area contributed by atoms with Gasteiger partial charge in [0.05, 0.1) is 5.54 Å². The maximum absolute atomic E-state index is 15.3. The summed E-state index contributed by atoms with van der Waals surface area (Å²) < 4.78 is 35.9. The number of aromatic nitrogens is 2. The number of amides is 3. The largest absolute Gasteiger partial charge is 0.444 e. The lowest BCUT2D eigenvalue weighted by atomic mass is 9.70. The number of nitrogens with one attached hydrogen (secondary N) is 3. The fraction of sp³-hybridized carbons (Fsp3) is 0.739. The second-order valence-corrected chi connectivity index (χ2v) is 10.7. The number of aryl methyl sites for hydroxylation is 1. The number of hydrogen-bond acceptors (Lipinski definition) is 6. The van der Waals surface area contributed by atoms with Crippen molar-refractivity contribution in [3.05, 3.63) is 12.3 Å². The van der Waals surface area contributed by atoms with Crippen LogP contribution in [0.3, 0.4) is 0 Å². The predicted molar refractivity (Wildman–Crippen MR) is 123 cm³/mol. The number of rotatable bonds is 8. The van der Waals surface area contributed by atoms with Crippen molar-refractivity contribution in [3.63, 3.8) is 0 Å². The summed E-state index contributed by atoms with van der Waals surface area (Å²) in [6.07, 6.45) is -1.55. The van der Waals surface area contributed by atoms with E-state index in [4.69, 9.17) is 4.74 Å². The molecule has 2 fully saturated rings. The number of aliphatic hydroxyl groups excluding tert-OH is 1. The minimum atomic E-state index is -1.80. The van der Waals surface area contributed by atoms with Gasteiger partial charge in [0.25, 0.3) is 5.91 Å². The van der Waals surface area contributed by atoms with Gasteiger partial charge >= 0.3 is 6.09 Å². The first-order valence-electron chi connectivity index (χ1n) is 11.8. The zero-order valence-electron chi connectivity index (χ0n) is 20.6. The summed E-state index contributed by atoms with van der Waals surface area (Å²) in [5, 5.41) is 22.1. The Morgan fingerprint density at radius 1 is 1.26 bits per heavy atom. The van der Waals surface area contributed by atoms with Crippen LogP contribution in [0.1, 0.15) is 65.7 Å². The van der Waals surface area contributed by atoms with E-state index < -0.39 is 53.0 Å². The lowest BCUT2D eigenvalue weighted by Gasteiger charge is -2.47. The van der Waals surface area contributed by atoms with E-state index in [-0.39, 0.29) is 37.9 Å². The van der Waals surface area contributed by atoms with Crippen LogP contribution in [0.4, 0.5) is 19.4 Å². The molecular weight excluding hydrogens is 464 g/mol. The number of alkyl halides is 2. The lowest BCUT2D eigenvalue weighted by molar-refractivity contribution is -0.141. The number of aliphatic hydroxyl groups is 1. The quantitative estimate of drug-likeness (QED) is 0.434. The normalized spacial score (nSPS) is 25.2. The molecule has 4 N–H and O–H groups in total. The zero-order valence-corrected chi connectivity index (χ0v) is 20.6. The molecule has 12 heteroatoms. The number of ether oxygens (including phenoxy) is 1. The fourth-order valence-corrected chi connectivity index (χ4v) is 4.62. The fourth-order valence-electron chi connectivity index (χ4n) is 4.62. The molecule has 35 heavy (non-hydrogen) atoms. The van der Waals surface area contributed by atoms with E-state index in [0.717, 1.165) is 0 Å². The molecule has 1 aromatic rings. The molecule has 2 saturated carbocycles. The van der Waals surface area contributed by atoms with Gasteiger partial charge in [-0.05, 0) is 33.6 Å². The Kier molecular flexibility index (Phi) is 7.73. The summed E-state index contributed by atoms with van der Waals surface area (Å²) in [5.74, 6) is -1.51. The van der Waals surface area contributed by atoms with E-state index >= 15 is 4.39 Å². The van der Waals surface area contributed by atoms with Gasteiger partial charge in [0, 0.05) is 38.6 Å². The van der Waals surface area contributed by atoms with Crippen molar-refractivity contribution in [1.82, 2.24) is 20.4 Å². The Bertz CT molecular complexity index is 935. The number of hydrogen-bond donors (Lipinski definition) is 4. The van der Waals surface area contributed by atoms with E-state index in [9.17, 15) is 23.9 Å². The Hall–Kier alpha value is -2.76. The molecule has 10 nitrogen and oxygen atoms in total. The molecule has 3 rings (SSSR count). The highest BCUT2D eigenvalue weighted by Gasteiger charge is 2.54. The van der Waals surface area contributed by atoms with Gasteiger partial charge in [0.2, 0.25) is 5.91 Å². The van der Waals surface area contributed by atoms with Crippen LogP contribution < -0.4 is 16.0 Å². The van der Waals surface area contributed by atoms with E-state index in [1.807, 2.05) is 0 Å². The molecule has 0 radical (unpaired) electrons. The first-order valence-corrected chi connectivity index (χ1v) is 11.8. The number of carbonyl (C=O) groups excluding carboxylic acids is 3. The highest BCUT2D eigenvalue weighted by atomic mass is 19.1. The molecule has 2 aliphatic rings. The molecule has 1 unspecified atom stereocenters. The maximum Gasteiger partial charge on any atom is 0.408 e. The van der Waals surface area contributed by atoms with Crippen molar-refractivity contribution in [2.24, 2.45) is 7.05 Å². The minimum Gasteiger partial charge on any atom is -0.444 e. The summed E-state index contributed by atoms with van der Waals surface area (Å²) in [6, 6.07) is 0.173. The molecule has 3 amide bonds. The third-order valence-corrected chi connectivity index (χ3v) is 6.36. The standard InChI is InChI=1S/C23H35F2N5O5/c1-21(2,3)35-20(34)26-15(13-22(25)8-5-6-9-22)18(32)28-23(11-14(24)12-23)17(31)19(33)27-16-7-10-30(4)29-16/h7,10,14-15,17,31H,5-6,8-9,11-13H2,1-4H3,(H,26,34)(H,28,32)(H,27,29,33)/t14-,15-,17?,23-/m0/s1. The van der Waals surface area contributed by atoms with Gasteiger partial charge in [-0.15, -0.1) is 0 Å². The number of anilines is 1. The van der Waals surface area contributed by atoms with E-state index in [0.29, 0.717) is 12.8 Å². The van der Waals surface area contributed by atoms with Crippen LogP contribution in [0.2, 0.25) is 0 Å². The number of halogens is 2. The molecular formula is C23H35F2N5O5. The summed E-state index contributed by atoms with van der Waals surface area (Å²) >= 11 is 0. The van der Waals surface area contributed by atoms with Crippen molar-refractivity contribution in [2.75, 3.05) is 5.32 Å². The Morgan fingerprint density at radius 2 is 1.89 bits per heavy atom. The molecule has 2 atom stereocenters. The van der Waals surface area contributed by atoms with E-state index in [1.165, 1.54) is 10.7 Å². The van der Waals surface area contributed by atoms with Crippen LogP contribution in [-0.2, 0) is 21.4 Å². The lowest BCUT2D eigenvalue weighted by Crippen LogP contribution is -2.69. The monoisotopic (exact) mass is 499 g/mol. The number of nitrogens with zero attached hydrogens (tertiary/aromatic N) is 2. The van der Waals surface area contributed by atoms with Crippen LogP contribution in [0, 0.1) is 0 Å². The molecule has 2 aliphatic carbocycles. The topological polar surface area (TPSA) is 135 Å². The highest BCUT2D eigenvalue weighted by Crippen LogP contribution is 2.40. The van der Waals surface area contributed by atoms with Gasteiger partial charge in [-0.1, -0.05) is 12.8 Å². The summed E-state index contributed by atoms with van der Waals surface area (Å²) in [4.78, 5) is 38.3. The predicted octanol–water partition coefficient (Wildman–Crippen LogP) is 2.27. The first-order chi connectivity index (χ1) is 16.2. The Balaban J connectivity index is 1.75. The van der Waals surface area contributed by atoms with Crippen molar-refractivity contribution >= 4 is 23.7 Å². The van der Waals surface area contributed by atoms with Crippen molar-refractivity contribution in [1.29, 1.82) is 0 Å². The van der Waals surface area contributed by atoms with Gasteiger partial charge in [-0.3, -0.25) is 14.3 Å². The van der Waals surface area contributed by atoms with E-state index in [2.05, 4.69) is 21.0 Å². The van der Waals surface area contributed by atoms with Crippen molar-refractivity contribution < 1.29 is 33.0 Å². The average Bonchev–Trinajstić information content (AvgIpc) is 3.31. The zero-order chi connectivity index (χ0) is 26.0. The average molecular weight is 500 g/mol. The molecule has 0 bridgehead atoms. The highest BCUT2D eigenvalue weighted by molar-refractivity contribution is 5.95. The maximum atomic E-state index is 15.3. The molecule has 0 saturated heterocycles. The summed E-state index contributed by atoms with van der Waals surface area (Å²) in [6.45, 7) is 4.95. The van der Waals surface area contributed by atoms with Gasteiger partial charge < -0.3 is 25.8 Å². The van der Waals surface area contributed by atoms with Gasteiger partial charge in [0.1, 0.15) is 23.5 Å². The summed E-state index contributed by atoms with van der Waals surface area (Å²) in [7, 11) is 1.65. The minimum absolute atomic E-state index is 0.180. The van der Waals surface area contributed by atoms with Crippen molar-refractivity contribution in [2.45, 2.75) is 101 Å². The van der Waals surface area contributed by atoms with Gasteiger partial charge in [-0.2, -0.15) is 5.10 Å². The molecule has 0 spiro atoms. The molecule has 0 aliphatic heterocycles. The Labute approximate surface area is 203 Å². The third-order valence-electron chi connectivity index (χ3n) is 6.36. The smallest absolute Gasteiger partial charge is 0.408 e. The van der Waals surface area contributed by atoms with Crippen molar-refractivity contribution in [3.8, 4) is 0 Å². The third kappa shape index (κ3) is 6.89. The molecule has 1 heterocycles. The summed E-state index contributed by atoms with van der Waals surface area (Å²) in [5.41, 5.74) is -4.11. The van der Waals surface area contributed by atoms with Crippen LogP contribution in [0.15, 0.2) is 12.3 Å². The van der Waals surface area contributed by atoms with Crippen LogP contribution >= 0.6 is 0 Å². The van der Waals surface area contributed by atoms with Crippen LogP contribution in [-0.4, -0.2) is 67.9 Å². The number of alkyl carbamates (subject to hydrolysis) is 1. The van der Waals surface area contributed by atoms with E-state index in [1.54, 1.807) is 34.0 Å². The second kappa shape index (κ2) is 10.1. The first kappa shape index (κ1) is 26.8. The molecule has 0 aromatic carbocycles. The SMILES string of the molecule is Cn1ccc(NC(=O)C(O)[C@]2(NC(=O)[C@H](CC3(F)CCCC3)NC(=O)OC(C)(C)C)C[C@H](F)C2)n1. The van der Waals surface area contributed by atoms with Gasteiger partial charge in [0.15, 0.2) is 11.9 Å². The Morgan fingerprint density at radius 3 is 2.40 bits per heavy atom. The second-order valence-electron chi connectivity index (χ2n) is 10.7. The van der Waals surface area contributed by atoms with Gasteiger partial charge in [-0.25, -0.2) is 13.6 Å².